The predicted octanol–water partition coefficient (Wildman–Crippen LogP) is 4.86. The van der Waals surface area contributed by atoms with Crippen LogP contribution in [0, 0.1) is 5.92 Å². The Morgan fingerprint density at radius 2 is 1.74 bits per heavy atom. The number of Topliss-reactive ketones (excluding diaryl/α,β-unsaturated/α-hetero) is 1. The summed E-state index contributed by atoms with van der Waals surface area (Å²) in [5.74, 6) is -0.512. The van der Waals surface area contributed by atoms with Crippen molar-refractivity contribution < 1.29 is 19.4 Å². The molecule has 0 aliphatic carbocycles. The number of fused-ring (bicyclic) bond motifs is 1. The number of aliphatic hydroxyl groups excluding tert-OH is 1. The zero-order chi connectivity index (χ0) is 25.1. The lowest BCUT2D eigenvalue weighted by molar-refractivity contribution is -0.140. The van der Waals surface area contributed by atoms with Crippen molar-refractivity contribution in [3.05, 3.63) is 83.4 Å². The number of hydrogen-bond acceptors (Lipinski definition) is 5. The summed E-state index contributed by atoms with van der Waals surface area (Å²) in [5, 5.41) is 13.4. The first kappa shape index (κ1) is 24.5. The van der Waals surface area contributed by atoms with Crippen molar-refractivity contribution in [2.75, 3.05) is 33.8 Å². The van der Waals surface area contributed by atoms with E-state index < -0.39 is 17.7 Å². The summed E-state index contributed by atoms with van der Waals surface area (Å²) < 4.78 is 5.82. The zero-order valence-corrected chi connectivity index (χ0v) is 20.7. The molecule has 35 heavy (non-hydrogen) atoms. The Labute approximate surface area is 206 Å². The predicted molar refractivity (Wildman–Crippen MR) is 138 cm³/mol. The van der Waals surface area contributed by atoms with Gasteiger partial charge in [-0.1, -0.05) is 68.4 Å². The van der Waals surface area contributed by atoms with Crippen molar-refractivity contribution in [3.63, 3.8) is 0 Å². The van der Waals surface area contributed by atoms with E-state index in [0.717, 1.165) is 16.3 Å². The van der Waals surface area contributed by atoms with Gasteiger partial charge in [-0.15, -0.1) is 0 Å². The second-order valence-electron chi connectivity index (χ2n) is 9.60. The van der Waals surface area contributed by atoms with Crippen molar-refractivity contribution >= 4 is 28.2 Å². The summed E-state index contributed by atoms with van der Waals surface area (Å²) in [4.78, 5) is 30.1. The van der Waals surface area contributed by atoms with Gasteiger partial charge >= 0.3 is 0 Å². The molecular formula is C29H32N2O4. The van der Waals surface area contributed by atoms with Crippen LogP contribution in [0.2, 0.25) is 0 Å². The zero-order valence-electron chi connectivity index (χ0n) is 20.7. The van der Waals surface area contributed by atoms with Gasteiger partial charge in [0.25, 0.3) is 11.7 Å². The van der Waals surface area contributed by atoms with E-state index in [1.54, 1.807) is 23.1 Å². The number of likely N-dealkylation sites (N-methyl/N-ethyl adjacent to an activating group) is 1. The van der Waals surface area contributed by atoms with Gasteiger partial charge < -0.3 is 19.6 Å². The van der Waals surface area contributed by atoms with Crippen molar-refractivity contribution in [2.24, 2.45) is 5.92 Å². The molecular weight excluding hydrogens is 440 g/mol. The second kappa shape index (κ2) is 10.3. The summed E-state index contributed by atoms with van der Waals surface area (Å²) in [7, 11) is 3.85. The Hall–Kier alpha value is -3.64. The molecule has 0 aromatic heterocycles. The average molecular weight is 473 g/mol. The van der Waals surface area contributed by atoms with Crippen LogP contribution in [0.25, 0.3) is 16.5 Å². The number of rotatable bonds is 8. The Morgan fingerprint density at radius 3 is 2.49 bits per heavy atom. The minimum atomic E-state index is -0.693. The lowest BCUT2D eigenvalue weighted by Gasteiger charge is -2.27. The van der Waals surface area contributed by atoms with Crippen LogP contribution in [0.1, 0.15) is 31.0 Å². The fourth-order valence-corrected chi connectivity index (χ4v) is 4.38. The lowest BCUT2D eigenvalue weighted by Crippen LogP contribution is -2.35. The highest BCUT2D eigenvalue weighted by Gasteiger charge is 2.46. The molecule has 0 bridgehead atoms. The number of benzene rings is 3. The topological polar surface area (TPSA) is 70.1 Å². The summed E-state index contributed by atoms with van der Waals surface area (Å²) >= 11 is 0. The van der Waals surface area contributed by atoms with Crippen molar-refractivity contribution in [2.45, 2.75) is 19.9 Å². The minimum Gasteiger partial charge on any atom is -0.507 e. The maximum absolute atomic E-state index is 13.3. The standard InChI is InChI=1S/C29H32N2O4/c1-19(2)18-35-22-12-7-11-21(17-22)27(32)25-26(31(16-15-30(3)4)29(34)28(25)33)24-14-8-10-20-9-5-6-13-23(20)24/h5-14,17,19,26,32H,15-16,18H2,1-4H3/b27-25-. The molecule has 4 rings (SSSR count). The van der Waals surface area contributed by atoms with Gasteiger partial charge in [0, 0.05) is 18.7 Å². The molecule has 6 nitrogen and oxygen atoms in total. The molecule has 0 radical (unpaired) electrons. The van der Waals surface area contributed by atoms with E-state index in [0.29, 0.717) is 36.9 Å². The fourth-order valence-electron chi connectivity index (χ4n) is 4.38. The first-order valence-corrected chi connectivity index (χ1v) is 11.9. The molecule has 1 heterocycles. The van der Waals surface area contributed by atoms with Crippen molar-refractivity contribution in [3.8, 4) is 5.75 Å². The van der Waals surface area contributed by atoms with Gasteiger partial charge in [0.2, 0.25) is 0 Å². The number of carbonyl (C=O) groups excluding carboxylic acids is 2. The molecule has 3 aromatic carbocycles. The van der Waals surface area contributed by atoms with Gasteiger partial charge in [0.05, 0.1) is 18.2 Å². The molecule has 3 aromatic rings. The molecule has 1 aliphatic heterocycles. The molecule has 6 heteroatoms. The lowest BCUT2D eigenvalue weighted by atomic mass is 9.91. The fraction of sp³-hybridized carbons (Fsp3) is 0.310. The highest BCUT2D eigenvalue weighted by molar-refractivity contribution is 6.46. The largest absolute Gasteiger partial charge is 0.507 e. The number of aliphatic hydroxyl groups is 1. The van der Waals surface area contributed by atoms with Crippen LogP contribution in [0.5, 0.6) is 5.75 Å². The van der Waals surface area contributed by atoms with Gasteiger partial charge in [0.15, 0.2) is 0 Å². The van der Waals surface area contributed by atoms with E-state index >= 15 is 0 Å². The van der Waals surface area contributed by atoms with Crippen molar-refractivity contribution in [1.29, 1.82) is 0 Å². The molecule has 1 aliphatic rings. The van der Waals surface area contributed by atoms with E-state index in [1.807, 2.05) is 67.5 Å². The second-order valence-corrected chi connectivity index (χ2v) is 9.60. The highest BCUT2D eigenvalue weighted by atomic mass is 16.5. The van der Waals surface area contributed by atoms with E-state index in [1.165, 1.54) is 0 Å². The Balaban J connectivity index is 1.86. The highest BCUT2D eigenvalue weighted by Crippen LogP contribution is 2.42. The number of amides is 1. The summed E-state index contributed by atoms with van der Waals surface area (Å²) in [5.41, 5.74) is 1.36. The van der Waals surface area contributed by atoms with Gasteiger partial charge in [-0.3, -0.25) is 9.59 Å². The molecule has 1 N–H and O–H groups in total. The Morgan fingerprint density at radius 1 is 1.03 bits per heavy atom. The molecule has 0 saturated carbocycles. The van der Waals surface area contributed by atoms with Crippen LogP contribution < -0.4 is 4.74 Å². The molecule has 1 unspecified atom stereocenters. The molecule has 1 fully saturated rings. The third-order valence-electron chi connectivity index (χ3n) is 6.14. The van der Waals surface area contributed by atoms with Crippen molar-refractivity contribution in [1.82, 2.24) is 9.80 Å². The first-order chi connectivity index (χ1) is 16.8. The third kappa shape index (κ3) is 5.08. The maximum Gasteiger partial charge on any atom is 0.295 e. The van der Waals surface area contributed by atoms with Crippen LogP contribution in [0.4, 0.5) is 0 Å². The molecule has 1 atom stereocenters. The summed E-state index contributed by atoms with van der Waals surface area (Å²) in [6.07, 6.45) is 0. The molecule has 0 spiro atoms. The minimum absolute atomic E-state index is 0.103. The summed E-state index contributed by atoms with van der Waals surface area (Å²) in [6.45, 7) is 5.61. The molecule has 1 saturated heterocycles. The van der Waals surface area contributed by atoms with Gasteiger partial charge in [-0.25, -0.2) is 0 Å². The number of carbonyl (C=O) groups is 2. The third-order valence-corrected chi connectivity index (χ3v) is 6.14. The first-order valence-electron chi connectivity index (χ1n) is 11.9. The normalized spacial score (nSPS) is 17.7. The molecule has 182 valence electrons. The SMILES string of the molecule is CC(C)COc1cccc(/C(O)=C2/C(=O)C(=O)N(CCN(C)C)C2c2cccc3ccccc23)c1. The van der Waals surface area contributed by atoms with Crippen LogP contribution in [-0.4, -0.2) is 60.4 Å². The van der Waals surface area contributed by atoms with Gasteiger partial charge in [0.1, 0.15) is 11.5 Å². The van der Waals surface area contributed by atoms with E-state index in [9.17, 15) is 14.7 Å². The summed E-state index contributed by atoms with van der Waals surface area (Å²) in [6, 6.07) is 20.1. The quantitative estimate of drug-likeness (QED) is 0.288. The number of likely N-dealkylation sites (tertiary alicyclic amines) is 1. The van der Waals surface area contributed by atoms with E-state index in [4.69, 9.17) is 4.74 Å². The number of ether oxygens (including phenoxy) is 1. The monoisotopic (exact) mass is 472 g/mol. The number of hydrogen-bond donors (Lipinski definition) is 1. The Bertz CT molecular complexity index is 1270. The van der Waals surface area contributed by atoms with Gasteiger partial charge in [-0.2, -0.15) is 0 Å². The maximum atomic E-state index is 13.3. The van der Waals surface area contributed by atoms with Crippen LogP contribution in [-0.2, 0) is 9.59 Å². The average Bonchev–Trinajstić information content (AvgIpc) is 3.10. The molecule has 1 amide bonds. The van der Waals surface area contributed by atoms with Crippen LogP contribution >= 0.6 is 0 Å². The van der Waals surface area contributed by atoms with Crippen LogP contribution in [0.3, 0.4) is 0 Å². The smallest absolute Gasteiger partial charge is 0.295 e. The van der Waals surface area contributed by atoms with E-state index in [-0.39, 0.29) is 11.3 Å². The van der Waals surface area contributed by atoms with Crippen LogP contribution in [0.15, 0.2) is 72.3 Å². The number of nitrogens with zero attached hydrogens (tertiary/aromatic N) is 2. The van der Waals surface area contributed by atoms with E-state index in [2.05, 4.69) is 13.8 Å². The Kier molecular flexibility index (Phi) is 7.22. The number of ketones is 1. The van der Waals surface area contributed by atoms with Gasteiger partial charge in [-0.05, 0) is 48.5 Å².